The number of aromatic hydroxyl groups is 1. The number of H-pyrrole nitrogens is 2. The van der Waals surface area contributed by atoms with Crippen molar-refractivity contribution in [1.82, 2.24) is 35.0 Å². The summed E-state index contributed by atoms with van der Waals surface area (Å²) in [6, 6.07) is 14.2. The highest BCUT2D eigenvalue weighted by molar-refractivity contribution is 5.98. The number of halogens is 1. The molecule has 0 aliphatic heterocycles. The van der Waals surface area contributed by atoms with Crippen LogP contribution in [0.2, 0.25) is 0 Å². The number of aromatic nitrogens is 6. The molecule has 0 aliphatic rings. The summed E-state index contributed by atoms with van der Waals surface area (Å²) in [5, 5.41) is 21.4. The molecule has 0 radical (unpaired) electrons. The standard InChI is InChI=1S/C28H25FN8O/c1-37(2)7-6-31-19-9-16(8-18(29)11-19)21-4-3-5-23-26(21)34-28(33-23)27-22-12-24(32-15-25(22)35-36-27)17-10-20(38)14-30-13-17/h3-5,8-15,31,38H,6-7H2,1-2H3,(H,33,34)(H,35,36). The zero-order chi connectivity index (χ0) is 26.2. The van der Waals surface area contributed by atoms with Gasteiger partial charge in [-0.05, 0) is 56.1 Å². The largest absolute Gasteiger partial charge is 0.506 e. The van der Waals surface area contributed by atoms with E-state index in [0.717, 1.165) is 45.3 Å². The van der Waals surface area contributed by atoms with E-state index in [1.54, 1.807) is 18.5 Å². The lowest BCUT2D eigenvalue weighted by Crippen LogP contribution is -2.20. The molecule has 190 valence electrons. The summed E-state index contributed by atoms with van der Waals surface area (Å²) in [5.74, 6) is 0.322. The van der Waals surface area contributed by atoms with Crippen LogP contribution in [0.15, 0.2) is 67.1 Å². The monoisotopic (exact) mass is 508 g/mol. The summed E-state index contributed by atoms with van der Waals surface area (Å²) in [4.78, 5) is 18.8. The fourth-order valence-electron chi connectivity index (χ4n) is 4.47. The molecule has 4 N–H and O–H groups in total. The smallest absolute Gasteiger partial charge is 0.159 e. The van der Waals surface area contributed by atoms with Crippen molar-refractivity contribution in [3.8, 4) is 39.7 Å². The number of nitrogens with one attached hydrogen (secondary N) is 3. The first kappa shape index (κ1) is 23.6. The molecule has 0 bridgehead atoms. The second-order valence-electron chi connectivity index (χ2n) is 9.36. The van der Waals surface area contributed by atoms with Crippen molar-refractivity contribution >= 4 is 27.6 Å². The van der Waals surface area contributed by atoms with Crippen molar-refractivity contribution in [2.75, 3.05) is 32.5 Å². The SMILES string of the molecule is CN(C)CCNc1cc(F)cc(-c2cccc3[nH]c(-c4n[nH]c5cnc(-c6cncc(O)c6)cc45)nc23)c1. The van der Waals surface area contributed by atoms with Gasteiger partial charge in [-0.15, -0.1) is 0 Å². The van der Waals surface area contributed by atoms with Crippen LogP contribution in [0.1, 0.15) is 0 Å². The molecule has 38 heavy (non-hydrogen) atoms. The number of anilines is 1. The van der Waals surface area contributed by atoms with E-state index in [1.807, 2.05) is 44.4 Å². The van der Waals surface area contributed by atoms with Crippen LogP contribution in [0.3, 0.4) is 0 Å². The van der Waals surface area contributed by atoms with E-state index in [-0.39, 0.29) is 11.6 Å². The second-order valence-corrected chi connectivity index (χ2v) is 9.36. The highest BCUT2D eigenvalue weighted by Crippen LogP contribution is 2.34. The van der Waals surface area contributed by atoms with Gasteiger partial charge in [-0.25, -0.2) is 9.37 Å². The van der Waals surface area contributed by atoms with E-state index in [0.29, 0.717) is 29.3 Å². The summed E-state index contributed by atoms with van der Waals surface area (Å²) >= 11 is 0. The van der Waals surface area contributed by atoms with E-state index >= 15 is 0 Å². The normalized spacial score (nSPS) is 11.6. The molecule has 0 amide bonds. The third-order valence-corrected chi connectivity index (χ3v) is 6.30. The molecule has 0 spiro atoms. The Kier molecular flexibility index (Phi) is 5.93. The third-order valence-electron chi connectivity index (χ3n) is 6.30. The minimum Gasteiger partial charge on any atom is -0.506 e. The molecule has 0 fully saturated rings. The van der Waals surface area contributed by atoms with Crippen molar-refractivity contribution in [1.29, 1.82) is 0 Å². The van der Waals surface area contributed by atoms with Gasteiger partial charge in [0.25, 0.3) is 0 Å². The maximum absolute atomic E-state index is 14.6. The number of pyridine rings is 2. The lowest BCUT2D eigenvalue weighted by molar-refractivity contribution is 0.425. The molecule has 0 atom stereocenters. The molecule has 4 aromatic heterocycles. The zero-order valence-electron chi connectivity index (χ0n) is 20.8. The van der Waals surface area contributed by atoms with Crippen LogP contribution in [0.25, 0.3) is 55.8 Å². The number of fused-ring (bicyclic) bond motifs is 2. The number of likely N-dealkylation sites (N-methyl/N-ethyl adjacent to an activating group) is 1. The fourth-order valence-corrected chi connectivity index (χ4v) is 4.47. The van der Waals surface area contributed by atoms with Gasteiger partial charge in [0, 0.05) is 41.5 Å². The molecule has 0 saturated heterocycles. The Morgan fingerprint density at radius 2 is 1.89 bits per heavy atom. The summed E-state index contributed by atoms with van der Waals surface area (Å²) in [6.45, 7) is 1.54. The first-order valence-electron chi connectivity index (χ1n) is 12.1. The van der Waals surface area contributed by atoms with Gasteiger partial charge in [0.1, 0.15) is 17.3 Å². The van der Waals surface area contributed by atoms with Crippen LogP contribution in [-0.2, 0) is 0 Å². The Hall–Kier alpha value is -4.83. The van der Waals surface area contributed by atoms with E-state index in [2.05, 4.69) is 35.4 Å². The molecule has 0 saturated carbocycles. The number of hydrogen-bond acceptors (Lipinski definition) is 7. The number of benzene rings is 2. The van der Waals surface area contributed by atoms with Crippen LogP contribution >= 0.6 is 0 Å². The average molecular weight is 509 g/mol. The van der Waals surface area contributed by atoms with Crippen molar-refractivity contribution < 1.29 is 9.50 Å². The van der Waals surface area contributed by atoms with Crippen molar-refractivity contribution in [3.05, 3.63) is 72.9 Å². The topological polar surface area (TPSA) is 119 Å². The highest BCUT2D eigenvalue weighted by atomic mass is 19.1. The summed E-state index contributed by atoms with van der Waals surface area (Å²) in [7, 11) is 4.00. The molecule has 6 aromatic rings. The first-order valence-corrected chi connectivity index (χ1v) is 12.1. The number of hydrogen-bond donors (Lipinski definition) is 4. The first-order chi connectivity index (χ1) is 18.4. The van der Waals surface area contributed by atoms with Gasteiger partial charge in [-0.1, -0.05) is 12.1 Å². The number of imidazole rings is 1. The molecule has 0 aliphatic carbocycles. The quantitative estimate of drug-likeness (QED) is 0.238. The van der Waals surface area contributed by atoms with Crippen LogP contribution in [0.4, 0.5) is 10.1 Å². The second kappa shape index (κ2) is 9.56. The van der Waals surface area contributed by atoms with E-state index < -0.39 is 0 Å². The molecular formula is C28H25FN8O. The molecule has 4 heterocycles. The van der Waals surface area contributed by atoms with Gasteiger partial charge < -0.3 is 20.3 Å². The number of aromatic amines is 2. The minimum atomic E-state index is -0.317. The number of nitrogens with zero attached hydrogens (tertiary/aromatic N) is 5. The maximum atomic E-state index is 14.6. The Balaban J connectivity index is 1.40. The van der Waals surface area contributed by atoms with E-state index in [4.69, 9.17) is 4.98 Å². The minimum absolute atomic E-state index is 0.0648. The predicted octanol–water partition coefficient (Wildman–Crippen LogP) is 5.05. The number of rotatable bonds is 7. The highest BCUT2D eigenvalue weighted by Gasteiger charge is 2.17. The zero-order valence-corrected chi connectivity index (χ0v) is 20.8. The maximum Gasteiger partial charge on any atom is 0.159 e. The third kappa shape index (κ3) is 4.53. The van der Waals surface area contributed by atoms with E-state index in [9.17, 15) is 9.50 Å². The predicted molar refractivity (Wildman–Crippen MR) is 146 cm³/mol. The Labute approximate surface area is 217 Å². The lowest BCUT2D eigenvalue weighted by atomic mass is 10.0. The Morgan fingerprint density at radius 3 is 2.74 bits per heavy atom. The lowest BCUT2D eigenvalue weighted by Gasteiger charge is -2.13. The Morgan fingerprint density at radius 1 is 1.00 bits per heavy atom. The molecule has 9 nitrogen and oxygen atoms in total. The van der Waals surface area contributed by atoms with Gasteiger partial charge in [-0.3, -0.25) is 15.1 Å². The average Bonchev–Trinajstić information content (AvgIpc) is 3.51. The number of para-hydroxylation sites is 1. The fraction of sp³-hybridized carbons (Fsp3) is 0.143. The molecule has 6 rings (SSSR count). The van der Waals surface area contributed by atoms with E-state index in [1.165, 1.54) is 18.3 Å². The van der Waals surface area contributed by atoms with Crippen LogP contribution in [0.5, 0.6) is 5.75 Å². The van der Waals surface area contributed by atoms with Crippen molar-refractivity contribution in [2.45, 2.75) is 0 Å². The van der Waals surface area contributed by atoms with Gasteiger partial charge in [0.2, 0.25) is 0 Å². The van der Waals surface area contributed by atoms with Crippen molar-refractivity contribution in [3.63, 3.8) is 0 Å². The molecular weight excluding hydrogens is 483 g/mol. The van der Waals surface area contributed by atoms with Crippen LogP contribution in [0, 0.1) is 5.82 Å². The Bertz CT molecular complexity index is 1770. The summed E-state index contributed by atoms with van der Waals surface area (Å²) < 4.78 is 14.6. The summed E-state index contributed by atoms with van der Waals surface area (Å²) in [5.41, 5.74) is 6.50. The molecule has 2 aromatic carbocycles. The van der Waals surface area contributed by atoms with Gasteiger partial charge in [0.05, 0.1) is 34.6 Å². The van der Waals surface area contributed by atoms with Crippen LogP contribution in [-0.4, -0.2) is 67.3 Å². The van der Waals surface area contributed by atoms with Crippen molar-refractivity contribution in [2.24, 2.45) is 0 Å². The molecule has 0 unspecified atom stereocenters. The van der Waals surface area contributed by atoms with Gasteiger partial charge >= 0.3 is 0 Å². The molecule has 10 heteroatoms. The summed E-state index contributed by atoms with van der Waals surface area (Å²) in [6.07, 6.45) is 4.71. The van der Waals surface area contributed by atoms with Gasteiger partial charge in [0.15, 0.2) is 5.82 Å². The van der Waals surface area contributed by atoms with Gasteiger partial charge in [-0.2, -0.15) is 5.10 Å². The van der Waals surface area contributed by atoms with Crippen LogP contribution < -0.4 is 5.32 Å².